The molecule has 1 aliphatic carbocycles. The lowest BCUT2D eigenvalue weighted by Gasteiger charge is -2.41. The Hall–Kier alpha value is -2.24. The third kappa shape index (κ3) is 5.52. The minimum absolute atomic E-state index is 0.285. The van der Waals surface area contributed by atoms with E-state index in [0.29, 0.717) is 17.1 Å². The summed E-state index contributed by atoms with van der Waals surface area (Å²) in [6, 6.07) is 12.6. The van der Waals surface area contributed by atoms with Crippen LogP contribution in [0.25, 0.3) is 0 Å². The molecule has 1 aliphatic rings. The summed E-state index contributed by atoms with van der Waals surface area (Å²) in [4.78, 5) is 16.4. The first-order valence-electron chi connectivity index (χ1n) is 11.0. The third-order valence-corrected chi connectivity index (χ3v) is 6.74. The summed E-state index contributed by atoms with van der Waals surface area (Å²) >= 11 is 6.26. The lowest BCUT2D eigenvalue weighted by Crippen LogP contribution is -2.43. The predicted octanol–water partition coefficient (Wildman–Crippen LogP) is 5.62. The number of nitrogens with zero attached hydrogens (tertiary/aromatic N) is 2. The van der Waals surface area contributed by atoms with Crippen LogP contribution >= 0.6 is 11.6 Å². The van der Waals surface area contributed by atoms with Crippen LogP contribution in [0.2, 0.25) is 5.02 Å². The van der Waals surface area contributed by atoms with Crippen molar-refractivity contribution in [2.75, 3.05) is 25.6 Å². The van der Waals surface area contributed by atoms with Crippen LogP contribution in [0.1, 0.15) is 54.1 Å². The molecule has 3 rings (SSSR count). The minimum Gasteiger partial charge on any atom is -0.497 e. The molecule has 0 heterocycles. The largest absolute Gasteiger partial charge is 0.497 e. The van der Waals surface area contributed by atoms with Crippen LogP contribution in [0.4, 0.5) is 5.69 Å². The summed E-state index contributed by atoms with van der Waals surface area (Å²) in [5, 5.41) is 10.0. The molecule has 0 radical (unpaired) electrons. The fourth-order valence-electron chi connectivity index (χ4n) is 4.81. The molecule has 1 saturated carbocycles. The lowest BCUT2D eigenvalue weighted by molar-refractivity contribution is 0.0696. The third-order valence-electron chi connectivity index (χ3n) is 6.52. The number of rotatable bonds is 8. The average Bonchev–Trinajstić information content (AvgIpc) is 2.76. The molecule has 0 spiro atoms. The van der Waals surface area contributed by atoms with Crippen molar-refractivity contribution in [1.82, 2.24) is 4.90 Å². The Morgan fingerprint density at radius 3 is 2.45 bits per heavy atom. The molecule has 2 aromatic carbocycles. The highest BCUT2D eigenvalue weighted by atomic mass is 35.5. The van der Waals surface area contributed by atoms with Gasteiger partial charge in [-0.3, -0.25) is 4.90 Å². The lowest BCUT2D eigenvalue weighted by atomic mass is 9.88. The smallest absolute Gasteiger partial charge is 0.336 e. The molecule has 0 unspecified atom stereocenters. The quantitative estimate of drug-likeness (QED) is 0.572. The SMILES string of the molecule is CCN(c1cc(Cl)cc(C(=O)O)c1C)C1CCC(N(C)Cc2cccc(OC)c2)CC1. The normalized spacial score (nSPS) is 18.8. The van der Waals surface area contributed by atoms with E-state index < -0.39 is 5.97 Å². The first kappa shape index (κ1) is 23.4. The van der Waals surface area contributed by atoms with Crippen molar-refractivity contribution in [2.45, 2.75) is 58.2 Å². The number of carboxylic acid groups (broad SMARTS) is 1. The Labute approximate surface area is 190 Å². The maximum atomic E-state index is 11.6. The maximum Gasteiger partial charge on any atom is 0.336 e. The number of carbonyl (C=O) groups is 1. The number of benzene rings is 2. The standard InChI is InChI=1S/C25H33ClN2O3/c1-5-28(24-15-19(26)14-23(17(24)2)25(29)30)21-11-9-20(10-12-21)27(3)16-18-7-6-8-22(13-18)31-4/h6-8,13-15,20-21H,5,9-12,16H2,1-4H3,(H,29,30). The van der Waals surface area contributed by atoms with Crippen LogP contribution in [0.5, 0.6) is 5.75 Å². The topological polar surface area (TPSA) is 53.0 Å². The predicted molar refractivity (Wildman–Crippen MR) is 127 cm³/mol. The Morgan fingerprint density at radius 2 is 1.84 bits per heavy atom. The molecule has 2 aromatic rings. The number of aromatic carboxylic acids is 1. The molecular formula is C25H33ClN2O3. The van der Waals surface area contributed by atoms with Gasteiger partial charge < -0.3 is 14.7 Å². The molecule has 1 N–H and O–H groups in total. The van der Waals surface area contributed by atoms with Gasteiger partial charge in [-0.25, -0.2) is 4.79 Å². The van der Waals surface area contributed by atoms with E-state index in [-0.39, 0.29) is 5.56 Å². The summed E-state index contributed by atoms with van der Waals surface area (Å²) in [5.41, 5.74) is 3.28. The number of carboxylic acids is 1. The molecule has 0 bridgehead atoms. The second kappa shape index (κ2) is 10.4. The first-order chi connectivity index (χ1) is 14.8. The van der Waals surface area contributed by atoms with Gasteiger partial charge in [-0.1, -0.05) is 23.7 Å². The molecule has 0 saturated heterocycles. The highest BCUT2D eigenvalue weighted by molar-refractivity contribution is 6.31. The number of halogens is 1. The molecule has 6 heteroatoms. The van der Waals surface area contributed by atoms with Gasteiger partial charge in [0.15, 0.2) is 0 Å². The Bertz CT molecular complexity index is 910. The molecule has 0 atom stereocenters. The zero-order valence-corrected chi connectivity index (χ0v) is 19.7. The molecule has 31 heavy (non-hydrogen) atoms. The Kier molecular flexibility index (Phi) is 7.84. The van der Waals surface area contributed by atoms with Crippen LogP contribution in [0.3, 0.4) is 0 Å². The van der Waals surface area contributed by atoms with Gasteiger partial charge >= 0.3 is 5.97 Å². The van der Waals surface area contributed by atoms with Crippen molar-refractivity contribution in [3.05, 3.63) is 58.1 Å². The highest BCUT2D eigenvalue weighted by Gasteiger charge is 2.29. The summed E-state index contributed by atoms with van der Waals surface area (Å²) < 4.78 is 5.35. The molecule has 1 fully saturated rings. The van der Waals surface area contributed by atoms with Crippen LogP contribution in [-0.2, 0) is 6.54 Å². The van der Waals surface area contributed by atoms with Gasteiger partial charge in [0, 0.05) is 35.9 Å². The number of methoxy groups -OCH3 is 1. The van der Waals surface area contributed by atoms with E-state index in [2.05, 4.69) is 35.9 Å². The monoisotopic (exact) mass is 444 g/mol. The van der Waals surface area contributed by atoms with Crippen molar-refractivity contribution in [2.24, 2.45) is 0 Å². The molecule has 0 amide bonds. The molecule has 168 valence electrons. The van der Waals surface area contributed by atoms with Gasteiger partial charge in [-0.15, -0.1) is 0 Å². The number of ether oxygens (including phenoxy) is 1. The van der Waals surface area contributed by atoms with E-state index in [1.807, 2.05) is 25.1 Å². The van der Waals surface area contributed by atoms with Gasteiger partial charge in [0.2, 0.25) is 0 Å². The first-order valence-corrected chi connectivity index (χ1v) is 11.3. The van der Waals surface area contributed by atoms with Crippen molar-refractivity contribution < 1.29 is 14.6 Å². The van der Waals surface area contributed by atoms with E-state index in [0.717, 1.165) is 55.8 Å². The Balaban J connectivity index is 1.67. The number of hydrogen-bond acceptors (Lipinski definition) is 4. The van der Waals surface area contributed by atoms with Gasteiger partial charge in [-0.2, -0.15) is 0 Å². The van der Waals surface area contributed by atoms with Crippen LogP contribution in [0, 0.1) is 6.92 Å². The van der Waals surface area contributed by atoms with Gasteiger partial charge in [0.25, 0.3) is 0 Å². The fraction of sp³-hybridized carbons (Fsp3) is 0.480. The molecule has 5 nitrogen and oxygen atoms in total. The molecule has 0 aliphatic heterocycles. The summed E-state index contributed by atoms with van der Waals surface area (Å²) in [7, 11) is 3.90. The van der Waals surface area contributed by atoms with Crippen LogP contribution < -0.4 is 9.64 Å². The zero-order valence-electron chi connectivity index (χ0n) is 18.9. The van der Waals surface area contributed by atoms with Crippen molar-refractivity contribution >= 4 is 23.3 Å². The summed E-state index contributed by atoms with van der Waals surface area (Å²) in [6.45, 7) is 5.74. The number of anilines is 1. The van der Waals surface area contributed by atoms with Crippen LogP contribution in [-0.4, -0.2) is 48.8 Å². The molecular weight excluding hydrogens is 412 g/mol. The maximum absolute atomic E-state index is 11.6. The van der Waals surface area contributed by atoms with Gasteiger partial charge in [0.1, 0.15) is 5.75 Å². The second-order valence-electron chi connectivity index (χ2n) is 8.42. The highest BCUT2D eigenvalue weighted by Crippen LogP contribution is 2.34. The van der Waals surface area contributed by atoms with Gasteiger partial charge in [0.05, 0.1) is 12.7 Å². The van der Waals surface area contributed by atoms with E-state index in [1.165, 1.54) is 5.56 Å². The van der Waals surface area contributed by atoms with E-state index in [9.17, 15) is 9.90 Å². The average molecular weight is 445 g/mol. The van der Waals surface area contributed by atoms with E-state index in [4.69, 9.17) is 16.3 Å². The van der Waals surface area contributed by atoms with Crippen molar-refractivity contribution in [3.8, 4) is 5.75 Å². The minimum atomic E-state index is -0.930. The van der Waals surface area contributed by atoms with Gasteiger partial charge in [-0.05, 0) is 82.0 Å². The summed E-state index contributed by atoms with van der Waals surface area (Å²) in [6.07, 6.45) is 4.39. The van der Waals surface area contributed by atoms with Crippen LogP contribution in [0.15, 0.2) is 36.4 Å². The number of hydrogen-bond donors (Lipinski definition) is 1. The van der Waals surface area contributed by atoms with Crippen molar-refractivity contribution in [1.29, 1.82) is 0 Å². The molecule has 0 aromatic heterocycles. The van der Waals surface area contributed by atoms with Crippen molar-refractivity contribution in [3.63, 3.8) is 0 Å². The zero-order chi connectivity index (χ0) is 22.5. The second-order valence-corrected chi connectivity index (χ2v) is 8.85. The Morgan fingerprint density at radius 1 is 1.16 bits per heavy atom. The van der Waals surface area contributed by atoms with E-state index >= 15 is 0 Å². The fourth-order valence-corrected chi connectivity index (χ4v) is 5.02. The summed E-state index contributed by atoms with van der Waals surface area (Å²) in [5.74, 6) is -0.0361. The van der Waals surface area contributed by atoms with E-state index in [1.54, 1.807) is 13.2 Å².